The van der Waals surface area contributed by atoms with Crippen LogP contribution in [0.1, 0.15) is 59.9 Å². The Kier molecular flexibility index (Phi) is 6.38. The maximum Gasteiger partial charge on any atom is 0.257 e. The van der Waals surface area contributed by atoms with Crippen molar-refractivity contribution < 1.29 is 14.3 Å². The smallest absolute Gasteiger partial charge is 0.257 e. The van der Waals surface area contributed by atoms with Crippen LogP contribution >= 0.6 is 0 Å². The molecule has 2 aromatic heterocycles. The van der Waals surface area contributed by atoms with Gasteiger partial charge in [-0.3, -0.25) is 19.3 Å². The Morgan fingerprint density at radius 3 is 2.60 bits per heavy atom. The van der Waals surface area contributed by atoms with Gasteiger partial charge >= 0.3 is 0 Å². The number of benzene rings is 1. The molecule has 0 radical (unpaired) electrons. The molecule has 3 heterocycles. The van der Waals surface area contributed by atoms with Gasteiger partial charge in [0.25, 0.3) is 5.91 Å². The fourth-order valence-corrected chi connectivity index (χ4v) is 5.64. The van der Waals surface area contributed by atoms with Crippen LogP contribution < -0.4 is 5.32 Å². The second-order valence-corrected chi connectivity index (χ2v) is 9.35. The van der Waals surface area contributed by atoms with Crippen molar-refractivity contribution in [3.63, 3.8) is 0 Å². The van der Waals surface area contributed by atoms with Gasteiger partial charge in [-0.1, -0.05) is 30.3 Å². The van der Waals surface area contributed by atoms with Gasteiger partial charge in [-0.25, -0.2) is 0 Å². The van der Waals surface area contributed by atoms with Crippen molar-refractivity contribution in [3.8, 4) is 0 Å². The zero-order valence-electron chi connectivity index (χ0n) is 20.2. The minimum Gasteiger partial charge on any atom is -0.368 e. The minimum absolute atomic E-state index is 0.00944. The number of ether oxygens (including phenoxy) is 1. The summed E-state index contributed by atoms with van der Waals surface area (Å²) in [5.74, 6) is -0.0796. The van der Waals surface area contributed by atoms with E-state index in [0.717, 1.165) is 30.6 Å². The van der Waals surface area contributed by atoms with Gasteiger partial charge in [0, 0.05) is 44.4 Å². The van der Waals surface area contributed by atoms with E-state index in [1.54, 1.807) is 24.0 Å². The summed E-state index contributed by atoms with van der Waals surface area (Å²) >= 11 is 0. The molecule has 1 aliphatic carbocycles. The summed E-state index contributed by atoms with van der Waals surface area (Å²) in [6.07, 6.45) is 6.45. The number of nitrogens with zero attached hydrogens (tertiary/aromatic N) is 4. The highest BCUT2D eigenvalue weighted by Crippen LogP contribution is 2.52. The Bertz CT molecular complexity index is 1200. The highest BCUT2D eigenvalue weighted by Gasteiger charge is 2.54. The normalized spacial score (nSPS) is 20.6. The molecule has 1 saturated heterocycles. The highest BCUT2D eigenvalue weighted by atomic mass is 16.5. The van der Waals surface area contributed by atoms with Crippen molar-refractivity contribution >= 4 is 11.8 Å². The van der Waals surface area contributed by atoms with Gasteiger partial charge in [-0.2, -0.15) is 5.10 Å². The van der Waals surface area contributed by atoms with Crippen LogP contribution in [0.4, 0.5) is 0 Å². The molecule has 1 spiro atoms. The molecule has 2 atom stereocenters. The fraction of sp³-hybridized carbons (Fsp3) is 0.407. The van der Waals surface area contributed by atoms with Crippen LogP contribution in [-0.4, -0.2) is 50.7 Å². The maximum absolute atomic E-state index is 13.2. The highest BCUT2D eigenvalue weighted by molar-refractivity contribution is 5.93. The molecule has 1 aliphatic heterocycles. The van der Waals surface area contributed by atoms with Crippen LogP contribution in [0.15, 0.2) is 61.1 Å². The molecule has 35 heavy (non-hydrogen) atoms. The first-order chi connectivity index (χ1) is 17.0. The third kappa shape index (κ3) is 4.34. The number of aromatic nitrogens is 3. The van der Waals surface area contributed by atoms with Crippen molar-refractivity contribution in [1.82, 2.24) is 25.0 Å². The van der Waals surface area contributed by atoms with E-state index >= 15 is 0 Å². The number of fused-ring (bicyclic) bond motifs is 2. The van der Waals surface area contributed by atoms with E-state index in [-0.39, 0.29) is 29.4 Å². The quantitative estimate of drug-likeness (QED) is 0.594. The summed E-state index contributed by atoms with van der Waals surface area (Å²) in [6.45, 7) is 5.85. The molecule has 3 aromatic rings. The average Bonchev–Trinajstić information content (AvgIpc) is 3.46. The van der Waals surface area contributed by atoms with Crippen LogP contribution in [0, 0.1) is 0 Å². The van der Waals surface area contributed by atoms with Crippen molar-refractivity contribution in [2.75, 3.05) is 13.1 Å². The van der Waals surface area contributed by atoms with Gasteiger partial charge in [0.2, 0.25) is 5.91 Å². The van der Waals surface area contributed by atoms with Gasteiger partial charge in [0.05, 0.1) is 36.2 Å². The lowest BCUT2D eigenvalue weighted by Crippen LogP contribution is -2.51. The van der Waals surface area contributed by atoms with E-state index < -0.39 is 0 Å². The third-order valence-electron chi connectivity index (χ3n) is 7.32. The van der Waals surface area contributed by atoms with Crippen LogP contribution in [0.2, 0.25) is 0 Å². The molecule has 1 N–H and O–H groups in total. The SMILES string of the molecule is CCn1cc(C(=O)N2CCC3(CC2)c2ccccc2[C@@H](NC(C)=O)[C@@H]3OCc2ccccn2)cn1. The number of pyridine rings is 1. The number of nitrogens with one attached hydrogen (secondary N) is 1. The summed E-state index contributed by atoms with van der Waals surface area (Å²) < 4.78 is 8.35. The standard InChI is InChI=1S/C27H31N5O3/c1-3-32-17-20(16-29-32)26(34)31-14-11-27(12-15-31)23-10-5-4-9-22(23)24(30-19(2)33)25(27)35-18-21-8-6-7-13-28-21/h4-10,13,16-17,24-25H,3,11-12,14-15,18H2,1-2H3,(H,30,33)/t24-,25+/m1/s1. The number of hydrogen-bond acceptors (Lipinski definition) is 5. The predicted molar refractivity (Wildman–Crippen MR) is 131 cm³/mol. The minimum atomic E-state index is -0.303. The number of carbonyl (C=O) groups is 2. The summed E-state index contributed by atoms with van der Waals surface area (Å²) in [7, 11) is 0. The number of likely N-dealkylation sites (tertiary alicyclic amines) is 1. The van der Waals surface area contributed by atoms with Gasteiger partial charge < -0.3 is 15.0 Å². The van der Waals surface area contributed by atoms with Crippen LogP contribution in [0.3, 0.4) is 0 Å². The molecule has 8 heteroatoms. The Balaban J connectivity index is 1.42. The molecule has 8 nitrogen and oxygen atoms in total. The molecule has 182 valence electrons. The van der Waals surface area contributed by atoms with E-state index in [0.29, 0.717) is 25.3 Å². The lowest BCUT2D eigenvalue weighted by Gasteiger charge is -2.44. The lowest BCUT2D eigenvalue weighted by molar-refractivity contribution is -0.122. The monoisotopic (exact) mass is 473 g/mol. The molecule has 0 unspecified atom stereocenters. The van der Waals surface area contributed by atoms with Crippen molar-refractivity contribution in [1.29, 1.82) is 0 Å². The van der Waals surface area contributed by atoms with Gasteiger partial charge in [-0.15, -0.1) is 0 Å². The predicted octanol–water partition coefficient (Wildman–Crippen LogP) is 3.25. The van der Waals surface area contributed by atoms with Crippen molar-refractivity contribution in [2.45, 2.75) is 57.4 Å². The van der Waals surface area contributed by atoms with E-state index in [2.05, 4.69) is 27.5 Å². The first-order valence-electron chi connectivity index (χ1n) is 12.2. The van der Waals surface area contributed by atoms with Gasteiger partial charge in [-0.05, 0) is 43.0 Å². The summed E-state index contributed by atoms with van der Waals surface area (Å²) in [5.41, 5.74) is 3.46. The largest absolute Gasteiger partial charge is 0.368 e. The molecule has 1 aromatic carbocycles. The summed E-state index contributed by atoms with van der Waals surface area (Å²) in [5, 5.41) is 7.41. The number of carbonyl (C=O) groups excluding carboxylic acids is 2. The average molecular weight is 474 g/mol. The number of rotatable bonds is 6. The Morgan fingerprint density at radius 2 is 1.91 bits per heavy atom. The first kappa shape index (κ1) is 23.2. The lowest BCUT2D eigenvalue weighted by atomic mass is 9.71. The van der Waals surface area contributed by atoms with Gasteiger partial charge in [0.15, 0.2) is 0 Å². The maximum atomic E-state index is 13.2. The van der Waals surface area contributed by atoms with E-state index in [1.807, 2.05) is 48.4 Å². The van der Waals surface area contributed by atoms with Crippen molar-refractivity contribution in [3.05, 3.63) is 83.4 Å². The molecule has 0 bridgehead atoms. The number of hydrogen-bond donors (Lipinski definition) is 1. The van der Waals surface area contributed by atoms with Crippen LogP contribution in [-0.2, 0) is 28.1 Å². The number of aryl methyl sites for hydroxylation is 1. The Morgan fingerprint density at radius 1 is 1.14 bits per heavy atom. The van der Waals surface area contributed by atoms with E-state index in [4.69, 9.17) is 4.74 Å². The van der Waals surface area contributed by atoms with Gasteiger partial charge in [0.1, 0.15) is 0 Å². The Hall–Kier alpha value is -3.52. The van der Waals surface area contributed by atoms with Crippen molar-refractivity contribution in [2.24, 2.45) is 0 Å². The molecule has 1 fully saturated rings. The molecule has 2 amide bonds. The second-order valence-electron chi connectivity index (χ2n) is 9.35. The summed E-state index contributed by atoms with van der Waals surface area (Å²) in [4.78, 5) is 31.7. The summed E-state index contributed by atoms with van der Waals surface area (Å²) in [6, 6.07) is 13.8. The van der Waals surface area contributed by atoms with E-state index in [1.165, 1.54) is 5.56 Å². The molecular formula is C27H31N5O3. The zero-order chi connectivity index (χ0) is 24.4. The molecule has 2 aliphatic rings. The Labute approximate surface area is 205 Å². The molecular weight excluding hydrogens is 442 g/mol. The topological polar surface area (TPSA) is 89.4 Å². The van der Waals surface area contributed by atoms with E-state index in [9.17, 15) is 9.59 Å². The van der Waals surface area contributed by atoms with Crippen LogP contribution in [0.25, 0.3) is 0 Å². The number of piperidine rings is 1. The molecule has 5 rings (SSSR count). The zero-order valence-corrected chi connectivity index (χ0v) is 20.2. The first-order valence-corrected chi connectivity index (χ1v) is 12.2. The molecule has 0 saturated carbocycles. The fourth-order valence-electron chi connectivity index (χ4n) is 5.64. The third-order valence-corrected chi connectivity index (χ3v) is 7.32. The number of amides is 2. The second kappa shape index (κ2) is 9.62. The van der Waals surface area contributed by atoms with Crippen LogP contribution in [0.5, 0.6) is 0 Å².